The Morgan fingerprint density at radius 2 is 2.19 bits per heavy atom. The molecule has 0 spiro atoms. The van der Waals surface area contributed by atoms with E-state index in [0.29, 0.717) is 11.9 Å². The first-order valence-electron chi connectivity index (χ1n) is 5.03. The summed E-state index contributed by atoms with van der Waals surface area (Å²) < 4.78 is 5.25. The van der Waals surface area contributed by atoms with Crippen molar-refractivity contribution in [3.8, 4) is 0 Å². The van der Waals surface area contributed by atoms with Gasteiger partial charge < -0.3 is 9.73 Å². The summed E-state index contributed by atoms with van der Waals surface area (Å²) in [6, 6.07) is 6.66. The van der Waals surface area contributed by atoms with Gasteiger partial charge in [-0.3, -0.25) is 0 Å². The second kappa shape index (κ2) is 4.58. The van der Waals surface area contributed by atoms with E-state index in [0.717, 1.165) is 16.9 Å². The first kappa shape index (κ1) is 11.0. The quantitative estimate of drug-likeness (QED) is 0.825. The van der Waals surface area contributed by atoms with Crippen molar-refractivity contribution < 1.29 is 4.42 Å². The van der Waals surface area contributed by atoms with E-state index >= 15 is 0 Å². The summed E-state index contributed by atoms with van der Waals surface area (Å²) in [5.41, 5.74) is 4.07. The molecule has 1 aromatic carbocycles. The monoisotopic (exact) mass is 236 g/mol. The number of aromatic nitrogens is 1. The van der Waals surface area contributed by atoms with Gasteiger partial charge in [0.2, 0.25) is 0 Å². The molecule has 0 amide bonds. The first-order valence-corrected chi connectivity index (χ1v) is 5.57. The van der Waals surface area contributed by atoms with Crippen molar-refractivity contribution in [2.24, 2.45) is 0 Å². The molecule has 2 aromatic rings. The summed E-state index contributed by atoms with van der Waals surface area (Å²) in [6.45, 7) is 4.08. The van der Waals surface area contributed by atoms with Gasteiger partial charge in [0.1, 0.15) is 6.26 Å². The van der Waals surface area contributed by atoms with Crippen molar-refractivity contribution in [3.05, 3.63) is 41.3 Å². The van der Waals surface area contributed by atoms with Crippen LogP contribution in [0, 0.1) is 13.8 Å². The van der Waals surface area contributed by atoms with Gasteiger partial charge in [-0.25, -0.2) is 0 Å². The fraction of sp³-hybridized carbons (Fsp3) is 0.250. The lowest BCUT2D eigenvalue weighted by Crippen LogP contribution is -1.94. The van der Waals surface area contributed by atoms with Crippen LogP contribution in [0.2, 0.25) is 0 Å². The Morgan fingerprint density at radius 3 is 2.88 bits per heavy atom. The normalized spacial score (nSPS) is 10.4. The molecule has 2 rings (SSSR count). The van der Waals surface area contributed by atoms with Crippen LogP contribution in [0.3, 0.4) is 0 Å². The van der Waals surface area contributed by atoms with Crippen molar-refractivity contribution in [1.29, 1.82) is 0 Å². The maximum Gasteiger partial charge on any atom is 0.299 e. The molecule has 0 aliphatic heterocycles. The second-order valence-corrected chi connectivity index (χ2v) is 3.99. The number of nitrogens with zero attached hydrogens (tertiary/aromatic N) is 1. The van der Waals surface area contributed by atoms with Crippen LogP contribution < -0.4 is 5.32 Å². The number of halogens is 1. The largest absolute Gasteiger partial charge is 0.432 e. The second-order valence-electron chi connectivity index (χ2n) is 3.72. The zero-order valence-electron chi connectivity index (χ0n) is 9.25. The van der Waals surface area contributed by atoms with Crippen LogP contribution in [-0.2, 0) is 5.88 Å². The first-order chi connectivity index (χ1) is 7.69. The summed E-state index contributed by atoms with van der Waals surface area (Å²) in [4.78, 5) is 4.19. The zero-order chi connectivity index (χ0) is 11.5. The van der Waals surface area contributed by atoms with Gasteiger partial charge in [0.05, 0.1) is 11.6 Å². The molecular weight excluding hydrogens is 224 g/mol. The van der Waals surface area contributed by atoms with E-state index in [1.165, 1.54) is 5.56 Å². The fourth-order valence-electron chi connectivity index (χ4n) is 1.41. The van der Waals surface area contributed by atoms with E-state index in [4.69, 9.17) is 16.0 Å². The fourth-order valence-corrected chi connectivity index (χ4v) is 1.53. The molecule has 16 heavy (non-hydrogen) atoms. The van der Waals surface area contributed by atoms with Gasteiger partial charge in [-0.15, -0.1) is 11.6 Å². The molecule has 0 radical (unpaired) electrons. The zero-order valence-corrected chi connectivity index (χ0v) is 10.0. The Morgan fingerprint density at radius 1 is 1.38 bits per heavy atom. The van der Waals surface area contributed by atoms with Crippen molar-refractivity contribution >= 4 is 23.3 Å². The van der Waals surface area contributed by atoms with E-state index < -0.39 is 0 Å². The van der Waals surface area contributed by atoms with Crippen LogP contribution in [0.1, 0.15) is 16.8 Å². The minimum Gasteiger partial charge on any atom is -0.432 e. The molecule has 4 heteroatoms. The lowest BCUT2D eigenvalue weighted by Gasteiger charge is -2.06. The third-order valence-electron chi connectivity index (χ3n) is 2.32. The molecule has 0 aliphatic carbocycles. The smallest absolute Gasteiger partial charge is 0.299 e. The average molecular weight is 237 g/mol. The highest BCUT2D eigenvalue weighted by Crippen LogP contribution is 2.21. The summed E-state index contributed by atoms with van der Waals surface area (Å²) >= 11 is 5.65. The Balaban J connectivity index is 2.22. The Kier molecular flexibility index (Phi) is 3.15. The molecule has 1 N–H and O–H groups in total. The minimum atomic E-state index is 0.359. The van der Waals surface area contributed by atoms with E-state index in [-0.39, 0.29) is 0 Å². The van der Waals surface area contributed by atoms with E-state index in [1.54, 1.807) is 6.26 Å². The summed E-state index contributed by atoms with van der Waals surface area (Å²) in [5.74, 6) is 0.359. The molecule has 3 nitrogen and oxygen atoms in total. The van der Waals surface area contributed by atoms with Gasteiger partial charge in [0.15, 0.2) is 0 Å². The van der Waals surface area contributed by atoms with Gasteiger partial charge in [0, 0.05) is 5.69 Å². The van der Waals surface area contributed by atoms with E-state index in [2.05, 4.69) is 28.5 Å². The molecule has 0 bridgehead atoms. The van der Waals surface area contributed by atoms with Gasteiger partial charge in [-0.05, 0) is 31.0 Å². The maximum atomic E-state index is 5.65. The van der Waals surface area contributed by atoms with Crippen LogP contribution in [0.25, 0.3) is 0 Å². The summed E-state index contributed by atoms with van der Waals surface area (Å²) in [6.07, 6.45) is 1.56. The molecule has 0 saturated heterocycles. The molecule has 0 atom stereocenters. The minimum absolute atomic E-state index is 0.359. The van der Waals surface area contributed by atoms with Crippen molar-refractivity contribution in [1.82, 2.24) is 4.98 Å². The third-order valence-corrected chi connectivity index (χ3v) is 2.60. The molecule has 0 unspecified atom stereocenters. The number of hydrogen-bond acceptors (Lipinski definition) is 3. The number of rotatable bonds is 3. The van der Waals surface area contributed by atoms with Gasteiger partial charge >= 0.3 is 0 Å². The van der Waals surface area contributed by atoms with Crippen molar-refractivity contribution in [2.75, 3.05) is 5.32 Å². The van der Waals surface area contributed by atoms with Crippen LogP contribution in [0.4, 0.5) is 11.7 Å². The van der Waals surface area contributed by atoms with Gasteiger partial charge in [0.25, 0.3) is 6.01 Å². The van der Waals surface area contributed by atoms with Gasteiger partial charge in [-0.2, -0.15) is 4.98 Å². The van der Waals surface area contributed by atoms with Crippen LogP contribution >= 0.6 is 11.6 Å². The number of nitrogens with one attached hydrogen (secondary N) is 1. The lowest BCUT2D eigenvalue weighted by atomic mass is 10.1. The highest BCUT2D eigenvalue weighted by molar-refractivity contribution is 6.16. The molecule has 0 fully saturated rings. The van der Waals surface area contributed by atoms with Crippen LogP contribution in [0.15, 0.2) is 28.9 Å². The number of anilines is 2. The topological polar surface area (TPSA) is 38.1 Å². The number of benzene rings is 1. The highest BCUT2D eigenvalue weighted by atomic mass is 35.5. The maximum absolute atomic E-state index is 5.65. The molecule has 84 valence electrons. The molecular formula is C12H13ClN2O. The molecule has 0 aliphatic rings. The average Bonchev–Trinajstić information content (AvgIpc) is 2.71. The number of oxazole rings is 1. The van der Waals surface area contributed by atoms with E-state index in [1.807, 2.05) is 13.8 Å². The van der Waals surface area contributed by atoms with Crippen molar-refractivity contribution in [3.63, 3.8) is 0 Å². The number of aryl methyl sites for hydroxylation is 2. The third kappa shape index (κ3) is 2.36. The van der Waals surface area contributed by atoms with Crippen molar-refractivity contribution in [2.45, 2.75) is 19.7 Å². The van der Waals surface area contributed by atoms with E-state index in [9.17, 15) is 0 Å². The molecule has 0 saturated carbocycles. The number of hydrogen-bond donors (Lipinski definition) is 1. The summed E-state index contributed by atoms with van der Waals surface area (Å²) in [7, 11) is 0. The standard InChI is InChI=1S/C12H13ClN2O/c1-8-3-4-9(2)11(5-8)15-12-14-10(6-13)7-16-12/h3-5,7H,6H2,1-2H3,(H,14,15). The highest BCUT2D eigenvalue weighted by Gasteiger charge is 2.05. The Hall–Kier alpha value is -1.48. The Bertz CT molecular complexity index is 494. The SMILES string of the molecule is Cc1ccc(C)c(Nc2nc(CCl)co2)c1. The Labute approximate surface area is 99.5 Å². The number of alkyl halides is 1. The van der Waals surface area contributed by atoms with Crippen LogP contribution in [-0.4, -0.2) is 4.98 Å². The lowest BCUT2D eigenvalue weighted by molar-refractivity contribution is 0.576. The summed E-state index contributed by atoms with van der Waals surface area (Å²) in [5, 5.41) is 3.13. The predicted octanol–water partition coefficient (Wildman–Crippen LogP) is 3.77. The van der Waals surface area contributed by atoms with Crippen LogP contribution in [0.5, 0.6) is 0 Å². The molecule has 1 heterocycles. The van der Waals surface area contributed by atoms with Gasteiger partial charge in [-0.1, -0.05) is 12.1 Å². The molecule has 1 aromatic heterocycles. The predicted molar refractivity (Wildman–Crippen MR) is 65.3 cm³/mol.